The summed E-state index contributed by atoms with van der Waals surface area (Å²) in [6.07, 6.45) is 0. The van der Waals surface area contributed by atoms with Crippen LogP contribution >= 0.6 is 0 Å². The summed E-state index contributed by atoms with van der Waals surface area (Å²) in [7, 11) is 0. The van der Waals surface area contributed by atoms with E-state index in [4.69, 9.17) is 0 Å². The zero-order valence-electron chi connectivity index (χ0n) is 7.62. The van der Waals surface area contributed by atoms with Gasteiger partial charge >= 0.3 is 0 Å². The van der Waals surface area contributed by atoms with Crippen molar-refractivity contribution in [2.75, 3.05) is 0 Å². The van der Waals surface area contributed by atoms with Gasteiger partial charge in [-0.05, 0) is 44.5 Å². The fourth-order valence-electron chi connectivity index (χ4n) is 2.23. The highest BCUT2D eigenvalue weighted by Crippen LogP contribution is 2.32. The van der Waals surface area contributed by atoms with Crippen LogP contribution < -0.4 is 0 Å². The number of rotatable bonds is 0. The minimum atomic E-state index is 1.36. The van der Waals surface area contributed by atoms with Crippen molar-refractivity contribution >= 4 is 32.3 Å². The Bertz CT molecular complexity index is 721. The molecule has 0 N–H and O–H groups in total. The molecule has 0 atom stereocenters. The monoisotopic (exact) mass is 176 g/mol. The first kappa shape index (κ1) is 6.61. The lowest BCUT2D eigenvalue weighted by Crippen LogP contribution is -1.82. The van der Waals surface area contributed by atoms with E-state index < -0.39 is 0 Å². The van der Waals surface area contributed by atoms with E-state index in [-0.39, 0.29) is 0 Å². The van der Waals surface area contributed by atoms with Crippen LogP contribution in [0.1, 0.15) is 0 Å². The lowest BCUT2D eigenvalue weighted by molar-refractivity contribution is 1.79. The van der Waals surface area contributed by atoms with Crippen molar-refractivity contribution in [2.45, 2.75) is 0 Å². The van der Waals surface area contributed by atoms with Crippen molar-refractivity contribution in [2.24, 2.45) is 0 Å². The summed E-state index contributed by atoms with van der Waals surface area (Å²) < 4.78 is 0. The van der Waals surface area contributed by atoms with Gasteiger partial charge in [0.25, 0.3) is 0 Å². The molecular formula is C14H8. The Morgan fingerprint density at radius 1 is 0.429 bits per heavy atom. The average Bonchev–Trinajstić information content (AvgIpc) is 2.10. The molecule has 4 aromatic rings. The molecule has 0 nitrogen and oxygen atoms in total. The normalized spacial score (nSPS) is 12.3. The maximum atomic E-state index is 2.30. The Morgan fingerprint density at radius 2 is 1.07 bits per heavy atom. The van der Waals surface area contributed by atoms with E-state index in [2.05, 4.69) is 48.5 Å². The molecule has 0 unspecified atom stereocenters. The van der Waals surface area contributed by atoms with E-state index in [1.807, 2.05) is 0 Å². The standard InChI is InChI=1S/C14H8/c1-4-12-7-10-2-3-11(10)8-14(12)13-6-5-9(1)13/h1-8H. The molecule has 0 heteroatoms. The Hall–Kier alpha value is -1.82. The van der Waals surface area contributed by atoms with Gasteiger partial charge in [-0.2, -0.15) is 0 Å². The van der Waals surface area contributed by atoms with Gasteiger partial charge in [0, 0.05) is 0 Å². The molecule has 0 heterocycles. The number of benzene rings is 2. The predicted molar refractivity (Wildman–Crippen MR) is 61.3 cm³/mol. The van der Waals surface area contributed by atoms with Crippen molar-refractivity contribution in [3.05, 3.63) is 48.5 Å². The van der Waals surface area contributed by atoms with E-state index in [0.717, 1.165) is 0 Å². The third kappa shape index (κ3) is 0.621. The summed E-state index contributed by atoms with van der Waals surface area (Å²) in [5.74, 6) is 0. The quantitative estimate of drug-likeness (QED) is 0.379. The first-order valence-corrected chi connectivity index (χ1v) is 4.89. The van der Waals surface area contributed by atoms with Gasteiger partial charge in [0.15, 0.2) is 0 Å². The largest absolute Gasteiger partial charge is 0.0537 e. The van der Waals surface area contributed by atoms with Gasteiger partial charge in [-0.25, -0.2) is 0 Å². The highest BCUT2D eigenvalue weighted by Gasteiger charge is 2.05. The van der Waals surface area contributed by atoms with Crippen LogP contribution in [0.25, 0.3) is 32.3 Å². The molecule has 0 aliphatic heterocycles. The van der Waals surface area contributed by atoms with Crippen molar-refractivity contribution in [3.63, 3.8) is 0 Å². The van der Waals surface area contributed by atoms with Crippen LogP contribution in [0.5, 0.6) is 0 Å². The van der Waals surface area contributed by atoms with Crippen LogP contribution in [0.15, 0.2) is 48.5 Å². The minimum absolute atomic E-state index is 1.36. The van der Waals surface area contributed by atoms with E-state index in [0.29, 0.717) is 0 Å². The summed E-state index contributed by atoms with van der Waals surface area (Å²) in [6.45, 7) is 0. The van der Waals surface area contributed by atoms with Gasteiger partial charge < -0.3 is 0 Å². The molecular weight excluding hydrogens is 168 g/mol. The van der Waals surface area contributed by atoms with Crippen molar-refractivity contribution in [3.8, 4) is 0 Å². The molecule has 0 saturated heterocycles. The SMILES string of the molecule is c1cc2cc3c(ccc4ccc43)cc12. The van der Waals surface area contributed by atoms with Gasteiger partial charge in [-0.3, -0.25) is 0 Å². The van der Waals surface area contributed by atoms with Gasteiger partial charge in [0.05, 0.1) is 0 Å². The molecule has 4 rings (SSSR count). The molecule has 4 aromatic carbocycles. The first-order chi connectivity index (χ1) is 6.92. The molecule has 0 aliphatic carbocycles. The van der Waals surface area contributed by atoms with Gasteiger partial charge in [-0.15, -0.1) is 0 Å². The fraction of sp³-hybridized carbons (Fsp3) is 0. The highest BCUT2D eigenvalue weighted by atomic mass is 14.1. The van der Waals surface area contributed by atoms with Crippen LogP contribution in [-0.2, 0) is 0 Å². The number of hydrogen-bond donors (Lipinski definition) is 0. The third-order valence-corrected chi connectivity index (χ3v) is 3.17. The number of hydrogen-bond acceptors (Lipinski definition) is 0. The number of fused-ring (bicyclic) bond motifs is 4. The second-order valence-corrected chi connectivity index (χ2v) is 3.94. The van der Waals surface area contributed by atoms with Gasteiger partial charge in [0.1, 0.15) is 0 Å². The molecule has 0 radical (unpaired) electrons. The summed E-state index contributed by atoms with van der Waals surface area (Å²) in [4.78, 5) is 0. The lowest BCUT2D eigenvalue weighted by Gasteiger charge is -2.09. The molecule has 0 saturated carbocycles. The molecule has 0 fully saturated rings. The van der Waals surface area contributed by atoms with Crippen LogP contribution in [0.2, 0.25) is 0 Å². The van der Waals surface area contributed by atoms with E-state index in [1.54, 1.807) is 0 Å². The average molecular weight is 176 g/mol. The predicted octanol–water partition coefficient (Wildman–Crippen LogP) is 4.02. The summed E-state index contributed by atoms with van der Waals surface area (Å²) in [5.41, 5.74) is 0. The Balaban J connectivity index is 2.33. The van der Waals surface area contributed by atoms with Crippen LogP contribution in [0.3, 0.4) is 0 Å². The van der Waals surface area contributed by atoms with Crippen LogP contribution in [0, 0.1) is 0 Å². The fourth-order valence-corrected chi connectivity index (χ4v) is 2.23. The second kappa shape index (κ2) is 1.98. The van der Waals surface area contributed by atoms with E-state index in [1.165, 1.54) is 32.3 Å². The summed E-state index contributed by atoms with van der Waals surface area (Å²) in [6, 6.07) is 17.7. The Kier molecular flexibility index (Phi) is 0.935. The molecule has 14 heavy (non-hydrogen) atoms. The van der Waals surface area contributed by atoms with Crippen molar-refractivity contribution in [1.29, 1.82) is 0 Å². The van der Waals surface area contributed by atoms with Crippen molar-refractivity contribution in [1.82, 2.24) is 0 Å². The third-order valence-electron chi connectivity index (χ3n) is 3.17. The van der Waals surface area contributed by atoms with E-state index in [9.17, 15) is 0 Å². The summed E-state index contributed by atoms with van der Waals surface area (Å²) >= 11 is 0. The maximum Gasteiger partial charge on any atom is -0.00990 e. The van der Waals surface area contributed by atoms with Crippen molar-refractivity contribution < 1.29 is 0 Å². The lowest BCUT2D eigenvalue weighted by atomic mass is 9.95. The minimum Gasteiger partial charge on any atom is -0.0537 e. The molecule has 0 aromatic heterocycles. The van der Waals surface area contributed by atoms with E-state index >= 15 is 0 Å². The maximum absolute atomic E-state index is 2.30. The van der Waals surface area contributed by atoms with Gasteiger partial charge in [0.2, 0.25) is 0 Å². The molecule has 0 bridgehead atoms. The first-order valence-electron chi connectivity index (χ1n) is 4.89. The zero-order chi connectivity index (χ0) is 9.12. The zero-order valence-corrected chi connectivity index (χ0v) is 7.62. The highest BCUT2D eigenvalue weighted by molar-refractivity contribution is 6.14. The van der Waals surface area contributed by atoms with Crippen LogP contribution in [0.4, 0.5) is 0 Å². The second-order valence-electron chi connectivity index (χ2n) is 3.94. The Morgan fingerprint density at radius 3 is 1.79 bits per heavy atom. The smallest absolute Gasteiger partial charge is 0.00990 e. The molecule has 0 amide bonds. The summed E-state index contributed by atoms with van der Waals surface area (Å²) in [5, 5.41) is 8.29. The Labute approximate surface area is 81.4 Å². The molecule has 64 valence electrons. The molecule has 0 spiro atoms. The van der Waals surface area contributed by atoms with Gasteiger partial charge in [-0.1, -0.05) is 36.4 Å². The topological polar surface area (TPSA) is 0 Å². The molecule has 0 aliphatic rings. The van der Waals surface area contributed by atoms with Crippen LogP contribution in [-0.4, -0.2) is 0 Å².